The van der Waals surface area contributed by atoms with Gasteiger partial charge in [-0.1, -0.05) is 19.1 Å². The summed E-state index contributed by atoms with van der Waals surface area (Å²) in [5.41, 5.74) is 4.06. The standard InChI is InChI=1S/C19H21N3O4/c1-4-17(23)21-15-9-5-7-13(11-15)19(24)22-20-12-14-8-6-10-16(25-2)18(14)26-3/h5-12H,4H2,1-3H3,(H,21,23)(H,22,24)/b20-12+. The van der Waals surface area contributed by atoms with Crippen LogP contribution in [0.25, 0.3) is 0 Å². The van der Waals surface area contributed by atoms with Crippen molar-refractivity contribution in [2.45, 2.75) is 13.3 Å². The first-order valence-corrected chi connectivity index (χ1v) is 8.03. The van der Waals surface area contributed by atoms with E-state index in [4.69, 9.17) is 9.47 Å². The maximum absolute atomic E-state index is 12.2. The smallest absolute Gasteiger partial charge is 0.271 e. The molecule has 7 heteroatoms. The summed E-state index contributed by atoms with van der Waals surface area (Å²) in [4.78, 5) is 23.7. The molecule has 26 heavy (non-hydrogen) atoms. The first kappa shape index (κ1) is 19.0. The largest absolute Gasteiger partial charge is 0.493 e. The second kappa shape index (κ2) is 9.22. The van der Waals surface area contributed by atoms with Gasteiger partial charge >= 0.3 is 0 Å². The zero-order chi connectivity index (χ0) is 18.9. The van der Waals surface area contributed by atoms with E-state index in [2.05, 4.69) is 15.8 Å². The highest BCUT2D eigenvalue weighted by Gasteiger charge is 2.09. The van der Waals surface area contributed by atoms with Gasteiger partial charge in [-0.3, -0.25) is 9.59 Å². The first-order chi connectivity index (χ1) is 12.6. The van der Waals surface area contributed by atoms with Gasteiger partial charge < -0.3 is 14.8 Å². The molecule has 2 aromatic rings. The lowest BCUT2D eigenvalue weighted by atomic mass is 10.2. The van der Waals surface area contributed by atoms with Crippen LogP contribution in [-0.2, 0) is 4.79 Å². The van der Waals surface area contributed by atoms with Gasteiger partial charge in [-0.15, -0.1) is 0 Å². The summed E-state index contributed by atoms with van der Waals surface area (Å²) >= 11 is 0. The SMILES string of the molecule is CCC(=O)Nc1cccc(C(=O)N/N=C/c2cccc(OC)c2OC)c1. The summed E-state index contributed by atoms with van der Waals surface area (Å²) in [5.74, 6) is 0.584. The lowest BCUT2D eigenvalue weighted by Crippen LogP contribution is -2.18. The molecule has 2 N–H and O–H groups in total. The number of para-hydroxylation sites is 1. The van der Waals surface area contributed by atoms with Crippen LogP contribution < -0.4 is 20.2 Å². The second-order valence-electron chi connectivity index (χ2n) is 5.26. The summed E-state index contributed by atoms with van der Waals surface area (Å²) in [6, 6.07) is 12.0. The molecule has 0 aromatic heterocycles. The molecule has 2 rings (SSSR count). The van der Waals surface area contributed by atoms with Crippen LogP contribution in [0.4, 0.5) is 5.69 Å². The van der Waals surface area contributed by atoms with Gasteiger partial charge in [0.05, 0.1) is 20.4 Å². The molecule has 0 unspecified atom stereocenters. The number of rotatable bonds is 7. The number of anilines is 1. The average Bonchev–Trinajstić information content (AvgIpc) is 2.67. The van der Waals surface area contributed by atoms with E-state index in [1.54, 1.807) is 56.5 Å². The van der Waals surface area contributed by atoms with Gasteiger partial charge in [-0.2, -0.15) is 5.10 Å². The molecule has 0 aliphatic carbocycles. The van der Waals surface area contributed by atoms with Crippen LogP contribution in [0, 0.1) is 0 Å². The molecule has 2 amide bonds. The van der Waals surface area contributed by atoms with Gasteiger partial charge in [-0.05, 0) is 30.3 Å². The van der Waals surface area contributed by atoms with Crippen molar-refractivity contribution in [3.8, 4) is 11.5 Å². The average molecular weight is 355 g/mol. The number of ether oxygens (including phenoxy) is 2. The maximum atomic E-state index is 12.2. The van der Waals surface area contributed by atoms with E-state index in [1.807, 2.05) is 0 Å². The summed E-state index contributed by atoms with van der Waals surface area (Å²) in [6.45, 7) is 1.76. The van der Waals surface area contributed by atoms with Crippen LogP contribution in [0.15, 0.2) is 47.6 Å². The molecule has 0 fully saturated rings. The number of nitrogens with one attached hydrogen (secondary N) is 2. The Balaban J connectivity index is 2.08. The van der Waals surface area contributed by atoms with Crippen molar-refractivity contribution in [1.29, 1.82) is 0 Å². The van der Waals surface area contributed by atoms with Gasteiger partial charge in [-0.25, -0.2) is 5.43 Å². The minimum Gasteiger partial charge on any atom is -0.493 e. The van der Waals surface area contributed by atoms with Crippen molar-refractivity contribution < 1.29 is 19.1 Å². The zero-order valence-corrected chi connectivity index (χ0v) is 14.9. The number of hydrogen-bond donors (Lipinski definition) is 2. The topological polar surface area (TPSA) is 89.0 Å². The summed E-state index contributed by atoms with van der Waals surface area (Å²) < 4.78 is 10.5. The van der Waals surface area contributed by atoms with Gasteiger partial charge in [0.25, 0.3) is 5.91 Å². The number of amides is 2. The Morgan fingerprint density at radius 1 is 1.12 bits per heavy atom. The fourth-order valence-corrected chi connectivity index (χ4v) is 2.23. The Labute approximate surface area is 152 Å². The van der Waals surface area contributed by atoms with E-state index in [0.717, 1.165) is 0 Å². The second-order valence-corrected chi connectivity index (χ2v) is 5.26. The van der Waals surface area contributed by atoms with Crippen molar-refractivity contribution in [2.24, 2.45) is 5.10 Å². The fourth-order valence-electron chi connectivity index (χ4n) is 2.23. The third-order valence-corrected chi connectivity index (χ3v) is 3.53. The van der Waals surface area contributed by atoms with Crippen molar-refractivity contribution in [3.63, 3.8) is 0 Å². The van der Waals surface area contributed by atoms with Crippen LogP contribution in [0.3, 0.4) is 0 Å². The molecule has 2 aromatic carbocycles. The number of nitrogens with zero attached hydrogens (tertiary/aromatic N) is 1. The number of carbonyl (C=O) groups excluding carboxylic acids is 2. The molecular formula is C19H21N3O4. The fraction of sp³-hybridized carbons (Fsp3) is 0.211. The van der Waals surface area contributed by atoms with Gasteiger partial charge in [0.15, 0.2) is 11.5 Å². The summed E-state index contributed by atoms with van der Waals surface area (Å²) in [5, 5.41) is 6.67. The molecule has 0 atom stereocenters. The number of hydrazone groups is 1. The molecule has 0 bridgehead atoms. The van der Waals surface area contributed by atoms with Crippen LogP contribution in [0.1, 0.15) is 29.3 Å². The van der Waals surface area contributed by atoms with E-state index in [9.17, 15) is 9.59 Å². The van der Waals surface area contributed by atoms with Gasteiger partial charge in [0.2, 0.25) is 5.91 Å². The molecule has 0 heterocycles. The van der Waals surface area contributed by atoms with E-state index >= 15 is 0 Å². The Kier molecular flexibility index (Phi) is 6.73. The minimum absolute atomic E-state index is 0.120. The zero-order valence-electron chi connectivity index (χ0n) is 14.9. The number of methoxy groups -OCH3 is 2. The monoisotopic (exact) mass is 355 g/mol. The molecule has 0 saturated heterocycles. The van der Waals surface area contributed by atoms with Crippen LogP contribution >= 0.6 is 0 Å². The Hall–Kier alpha value is -3.35. The molecule has 0 saturated carbocycles. The molecule has 0 radical (unpaired) electrons. The summed E-state index contributed by atoms with van der Waals surface area (Å²) in [7, 11) is 3.08. The van der Waals surface area contributed by atoms with Crippen LogP contribution in [0.2, 0.25) is 0 Å². The lowest BCUT2D eigenvalue weighted by Gasteiger charge is -2.09. The number of hydrogen-bond acceptors (Lipinski definition) is 5. The van der Waals surface area contributed by atoms with Gasteiger partial charge in [0, 0.05) is 23.2 Å². The van der Waals surface area contributed by atoms with Gasteiger partial charge in [0.1, 0.15) is 0 Å². The third kappa shape index (κ3) is 4.83. The predicted octanol–water partition coefficient (Wildman–Crippen LogP) is 2.82. The molecule has 0 aliphatic heterocycles. The molecule has 0 aliphatic rings. The molecule has 7 nitrogen and oxygen atoms in total. The normalized spacial score (nSPS) is 10.4. The quantitative estimate of drug-likeness (QED) is 0.590. The van der Waals surface area contributed by atoms with Crippen molar-refractivity contribution in [3.05, 3.63) is 53.6 Å². The predicted molar refractivity (Wildman–Crippen MR) is 100.0 cm³/mol. The first-order valence-electron chi connectivity index (χ1n) is 8.03. The highest BCUT2D eigenvalue weighted by atomic mass is 16.5. The van der Waals surface area contributed by atoms with E-state index in [-0.39, 0.29) is 5.91 Å². The highest BCUT2D eigenvalue weighted by molar-refractivity contribution is 5.97. The van der Waals surface area contributed by atoms with Crippen molar-refractivity contribution in [2.75, 3.05) is 19.5 Å². The van der Waals surface area contributed by atoms with E-state index < -0.39 is 5.91 Å². The Morgan fingerprint density at radius 2 is 1.88 bits per heavy atom. The van der Waals surface area contributed by atoms with E-state index in [1.165, 1.54) is 13.3 Å². The van der Waals surface area contributed by atoms with Crippen molar-refractivity contribution in [1.82, 2.24) is 5.43 Å². The number of carbonyl (C=O) groups is 2. The minimum atomic E-state index is -0.393. The Bertz CT molecular complexity index is 818. The Morgan fingerprint density at radius 3 is 2.58 bits per heavy atom. The molecule has 136 valence electrons. The van der Waals surface area contributed by atoms with Crippen LogP contribution in [-0.4, -0.2) is 32.2 Å². The van der Waals surface area contributed by atoms with Crippen LogP contribution in [0.5, 0.6) is 11.5 Å². The lowest BCUT2D eigenvalue weighted by molar-refractivity contribution is -0.115. The molecule has 0 spiro atoms. The van der Waals surface area contributed by atoms with E-state index in [0.29, 0.717) is 34.7 Å². The number of benzene rings is 2. The van der Waals surface area contributed by atoms with Crippen molar-refractivity contribution >= 4 is 23.7 Å². The maximum Gasteiger partial charge on any atom is 0.271 e. The highest BCUT2D eigenvalue weighted by Crippen LogP contribution is 2.29. The third-order valence-electron chi connectivity index (χ3n) is 3.53. The summed E-state index contributed by atoms with van der Waals surface area (Å²) in [6.07, 6.45) is 1.84. The molecular weight excluding hydrogens is 334 g/mol.